The number of carbonyl (C=O) groups excluding carboxylic acids is 1. The van der Waals surface area contributed by atoms with E-state index in [4.69, 9.17) is 14.6 Å². The summed E-state index contributed by atoms with van der Waals surface area (Å²) in [4.78, 5) is 23.4. The second-order valence-electron chi connectivity index (χ2n) is 5.67. The van der Waals surface area contributed by atoms with Crippen LogP contribution in [0.5, 0.6) is 5.75 Å². The number of carbonyl (C=O) groups is 2. The molecule has 1 unspecified atom stereocenters. The number of hydrogen-bond donors (Lipinski definition) is 2. The zero-order valence-corrected chi connectivity index (χ0v) is 12.9. The summed E-state index contributed by atoms with van der Waals surface area (Å²) >= 11 is 0. The Morgan fingerprint density at radius 3 is 2.74 bits per heavy atom. The largest absolute Gasteiger partial charge is 0.481 e. The van der Waals surface area contributed by atoms with Gasteiger partial charge in [-0.25, -0.2) is 4.39 Å². The maximum absolute atomic E-state index is 13.1. The molecule has 2 N–H and O–H groups in total. The van der Waals surface area contributed by atoms with Gasteiger partial charge in [-0.3, -0.25) is 9.59 Å². The lowest BCUT2D eigenvalue weighted by molar-refractivity contribution is -0.141. The van der Waals surface area contributed by atoms with Crippen molar-refractivity contribution in [3.8, 4) is 5.75 Å². The van der Waals surface area contributed by atoms with E-state index in [1.807, 2.05) is 0 Å². The Morgan fingerprint density at radius 1 is 1.43 bits per heavy atom. The normalized spacial score (nSPS) is 18.0. The lowest BCUT2D eigenvalue weighted by atomic mass is 9.86. The minimum absolute atomic E-state index is 0.172. The molecule has 0 aromatic heterocycles. The van der Waals surface area contributed by atoms with Gasteiger partial charge in [-0.15, -0.1) is 0 Å². The van der Waals surface area contributed by atoms with Crippen molar-refractivity contribution in [2.75, 3.05) is 13.2 Å². The number of hydrogen-bond acceptors (Lipinski definition) is 4. The zero-order valence-electron chi connectivity index (χ0n) is 12.9. The summed E-state index contributed by atoms with van der Waals surface area (Å²) in [6, 6.07) is 5.50. The van der Waals surface area contributed by atoms with Gasteiger partial charge in [0.15, 0.2) is 6.10 Å². The third kappa shape index (κ3) is 4.92. The van der Waals surface area contributed by atoms with E-state index in [-0.39, 0.29) is 12.2 Å². The lowest BCUT2D eigenvalue weighted by Crippen LogP contribution is -2.56. The Bertz CT molecular complexity index is 571. The number of halogens is 1. The predicted molar refractivity (Wildman–Crippen MR) is 79.7 cm³/mol. The van der Waals surface area contributed by atoms with Gasteiger partial charge >= 0.3 is 5.97 Å². The molecule has 126 valence electrons. The van der Waals surface area contributed by atoms with Crippen molar-refractivity contribution in [1.29, 1.82) is 0 Å². The summed E-state index contributed by atoms with van der Waals surface area (Å²) in [6.07, 6.45) is -0.185. The van der Waals surface area contributed by atoms with Crippen molar-refractivity contribution >= 4 is 11.9 Å². The highest BCUT2D eigenvalue weighted by molar-refractivity contribution is 5.82. The molecular weight excluding hydrogens is 305 g/mol. The Kier molecular flexibility index (Phi) is 5.54. The van der Waals surface area contributed by atoms with Crippen molar-refractivity contribution in [1.82, 2.24) is 5.32 Å². The van der Waals surface area contributed by atoms with Crippen molar-refractivity contribution in [2.45, 2.75) is 37.8 Å². The Labute approximate surface area is 133 Å². The number of rotatable bonds is 6. The van der Waals surface area contributed by atoms with Gasteiger partial charge in [-0.2, -0.15) is 0 Å². The van der Waals surface area contributed by atoms with Crippen LogP contribution in [0.4, 0.5) is 4.39 Å². The SMILES string of the molecule is CC(Oc1cccc(F)c1)C(=O)NC1(CC(=O)O)CCOCC1. The van der Waals surface area contributed by atoms with Gasteiger partial charge in [-0.1, -0.05) is 6.07 Å². The summed E-state index contributed by atoms with van der Waals surface area (Å²) in [5.41, 5.74) is -0.833. The number of ether oxygens (including phenoxy) is 2. The van der Waals surface area contributed by atoms with E-state index in [9.17, 15) is 14.0 Å². The van der Waals surface area contributed by atoms with Crippen LogP contribution < -0.4 is 10.1 Å². The molecule has 1 heterocycles. The number of carboxylic acid groups (broad SMARTS) is 1. The van der Waals surface area contributed by atoms with Crippen molar-refractivity contribution < 1.29 is 28.6 Å². The molecular formula is C16H20FNO5. The van der Waals surface area contributed by atoms with E-state index in [1.54, 1.807) is 6.07 Å². The highest BCUT2D eigenvalue weighted by Crippen LogP contribution is 2.25. The second kappa shape index (κ2) is 7.41. The molecule has 0 aliphatic carbocycles. The average Bonchev–Trinajstić information content (AvgIpc) is 2.47. The Morgan fingerprint density at radius 2 is 2.13 bits per heavy atom. The van der Waals surface area contributed by atoms with Gasteiger partial charge in [0.2, 0.25) is 0 Å². The van der Waals surface area contributed by atoms with Crippen LogP contribution in [0.3, 0.4) is 0 Å². The summed E-state index contributed by atoms with van der Waals surface area (Å²) in [7, 11) is 0. The molecule has 1 aromatic carbocycles. The summed E-state index contributed by atoms with van der Waals surface area (Å²) < 4.78 is 23.8. The predicted octanol–water partition coefficient (Wildman–Crippen LogP) is 1.73. The maximum atomic E-state index is 13.1. The molecule has 0 bridgehead atoms. The van der Waals surface area contributed by atoms with Crippen LogP contribution in [0.1, 0.15) is 26.2 Å². The van der Waals surface area contributed by atoms with Crippen LogP contribution >= 0.6 is 0 Å². The third-order valence-electron chi connectivity index (χ3n) is 3.81. The smallest absolute Gasteiger partial charge is 0.305 e. The topological polar surface area (TPSA) is 84.9 Å². The summed E-state index contributed by atoms with van der Waals surface area (Å²) in [5.74, 6) is -1.63. The van der Waals surface area contributed by atoms with Gasteiger partial charge in [0.1, 0.15) is 11.6 Å². The molecule has 1 atom stereocenters. The number of carboxylic acids is 1. The van der Waals surface area contributed by atoms with Gasteiger partial charge in [-0.05, 0) is 31.9 Å². The van der Waals surface area contributed by atoms with Crippen LogP contribution in [-0.2, 0) is 14.3 Å². The van der Waals surface area contributed by atoms with E-state index >= 15 is 0 Å². The first-order valence-corrected chi connectivity index (χ1v) is 7.44. The minimum Gasteiger partial charge on any atom is -0.481 e. The standard InChI is InChI=1S/C16H20FNO5/c1-11(23-13-4-2-3-12(17)9-13)15(21)18-16(10-14(19)20)5-7-22-8-6-16/h2-4,9,11H,5-8,10H2,1H3,(H,18,21)(H,19,20). The molecule has 0 spiro atoms. The van der Waals surface area contributed by atoms with Crippen LogP contribution in [-0.4, -0.2) is 41.8 Å². The van der Waals surface area contributed by atoms with E-state index in [0.29, 0.717) is 26.1 Å². The Balaban J connectivity index is 2.01. The van der Waals surface area contributed by atoms with Crippen molar-refractivity contribution in [3.63, 3.8) is 0 Å². The molecule has 1 amide bonds. The summed E-state index contributed by atoms with van der Waals surface area (Å²) in [5, 5.41) is 11.9. The van der Waals surface area contributed by atoms with E-state index in [1.165, 1.54) is 25.1 Å². The first-order chi connectivity index (χ1) is 10.9. The first kappa shape index (κ1) is 17.2. The number of aliphatic carboxylic acids is 1. The van der Waals surface area contributed by atoms with Gasteiger partial charge in [0.25, 0.3) is 5.91 Å². The second-order valence-corrected chi connectivity index (χ2v) is 5.67. The molecule has 1 fully saturated rings. The quantitative estimate of drug-likeness (QED) is 0.832. The van der Waals surface area contributed by atoms with Gasteiger partial charge < -0.3 is 19.9 Å². The molecule has 1 aliphatic rings. The van der Waals surface area contributed by atoms with Crippen LogP contribution in [0.25, 0.3) is 0 Å². The van der Waals surface area contributed by atoms with Crippen LogP contribution in [0.2, 0.25) is 0 Å². The number of benzene rings is 1. The minimum atomic E-state index is -0.981. The zero-order chi connectivity index (χ0) is 16.9. The lowest BCUT2D eigenvalue weighted by Gasteiger charge is -2.37. The molecule has 2 rings (SSSR count). The molecule has 0 radical (unpaired) electrons. The monoisotopic (exact) mass is 325 g/mol. The third-order valence-corrected chi connectivity index (χ3v) is 3.81. The van der Waals surface area contributed by atoms with Gasteiger partial charge in [0, 0.05) is 19.3 Å². The molecule has 1 aromatic rings. The molecule has 7 heteroatoms. The Hall–Kier alpha value is -2.15. The molecule has 23 heavy (non-hydrogen) atoms. The average molecular weight is 325 g/mol. The van der Waals surface area contributed by atoms with Gasteiger partial charge in [0.05, 0.1) is 12.0 Å². The summed E-state index contributed by atoms with van der Waals surface area (Å²) in [6.45, 7) is 2.33. The van der Waals surface area contributed by atoms with E-state index < -0.39 is 29.3 Å². The van der Waals surface area contributed by atoms with E-state index in [2.05, 4.69) is 5.32 Å². The fourth-order valence-electron chi connectivity index (χ4n) is 2.56. The van der Waals surface area contributed by atoms with Crippen LogP contribution in [0, 0.1) is 5.82 Å². The van der Waals surface area contributed by atoms with E-state index in [0.717, 1.165) is 0 Å². The molecule has 1 saturated heterocycles. The highest BCUT2D eigenvalue weighted by atomic mass is 19.1. The van der Waals surface area contributed by atoms with Crippen molar-refractivity contribution in [3.05, 3.63) is 30.1 Å². The highest BCUT2D eigenvalue weighted by Gasteiger charge is 2.37. The molecule has 0 saturated carbocycles. The van der Waals surface area contributed by atoms with Crippen molar-refractivity contribution in [2.24, 2.45) is 0 Å². The fourth-order valence-corrected chi connectivity index (χ4v) is 2.56. The van der Waals surface area contributed by atoms with Crippen LogP contribution in [0.15, 0.2) is 24.3 Å². The first-order valence-electron chi connectivity index (χ1n) is 7.44. The molecule has 1 aliphatic heterocycles. The fraction of sp³-hybridized carbons (Fsp3) is 0.500. The molecule has 6 nitrogen and oxygen atoms in total. The number of nitrogens with one attached hydrogen (secondary N) is 1. The number of amides is 1. The maximum Gasteiger partial charge on any atom is 0.305 e.